The van der Waals surface area contributed by atoms with Crippen LogP contribution in [0.25, 0.3) is 0 Å². The predicted molar refractivity (Wildman–Crippen MR) is 102 cm³/mol. The van der Waals surface area contributed by atoms with Crippen molar-refractivity contribution in [3.8, 4) is 0 Å². The van der Waals surface area contributed by atoms with Gasteiger partial charge in [0, 0.05) is 30.3 Å². The van der Waals surface area contributed by atoms with E-state index in [2.05, 4.69) is 5.32 Å². The smallest absolute Gasteiger partial charge is 0.262 e. The van der Waals surface area contributed by atoms with Crippen molar-refractivity contribution < 1.29 is 13.2 Å². The summed E-state index contributed by atoms with van der Waals surface area (Å²) < 4.78 is 26.8. The first kappa shape index (κ1) is 18.4. The number of amides is 1. The lowest BCUT2D eigenvalue weighted by Crippen LogP contribution is -2.31. The van der Waals surface area contributed by atoms with Gasteiger partial charge in [0.1, 0.15) is 9.77 Å². The number of thiophene rings is 1. The molecule has 1 aliphatic rings. The van der Waals surface area contributed by atoms with Crippen LogP contribution in [0, 0.1) is 0 Å². The number of rotatable bonds is 7. The average molecular weight is 397 g/mol. The van der Waals surface area contributed by atoms with Crippen LogP contribution in [0.3, 0.4) is 0 Å². The molecule has 0 spiro atoms. The summed E-state index contributed by atoms with van der Waals surface area (Å²) in [5.74, 6) is 0.413. The van der Waals surface area contributed by atoms with E-state index in [1.54, 1.807) is 17.1 Å². The lowest BCUT2D eigenvalue weighted by atomic mass is 10.4. The molecule has 8 heteroatoms. The summed E-state index contributed by atoms with van der Waals surface area (Å²) in [4.78, 5) is 14.0. The molecule has 2 aromatic rings. The fourth-order valence-electron chi connectivity index (χ4n) is 2.66. The van der Waals surface area contributed by atoms with Gasteiger partial charge in [-0.05, 0) is 36.4 Å². The minimum atomic E-state index is -3.57. The molecule has 0 bridgehead atoms. The van der Waals surface area contributed by atoms with Crippen molar-refractivity contribution in [1.82, 2.24) is 9.62 Å². The zero-order valence-electron chi connectivity index (χ0n) is 13.7. The second kappa shape index (κ2) is 8.35. The minimum absolute atomic E-state index is 0.132. The van der Waals surface area contributed by atoms with Gasteiger partial charge < -0.3 is 5.32 Å². The molecule has 0 radical (unpaired) electrons. The first-order chi connectivity index (χ1) is 12.1. The summed E-state index contributed by atoms with van der Waals surface area (Å²) in [5, 5.41) is 4.49. The number of hydrogen-bond acceptors (Lipinski definition) is 5. The first-order valence-corrected chi connectivity index (χ1v) is 11.4. The monoisotopic (exact) mass is 396 g/mol. The van der Waals surface area contributed by atoms with Crippen LogP contribution in [0.5, 0.6) is 0 Å². The number of thioether (sulfide) groups is 1. The van der Waals surface area contributed by atoms with Gasteiger partial charge in [-0.3, -0.25) is 4.79 Å². The predicted octanol–water partition coefficient (Wildman–Crippen LogP) is 3.05. The van der Waals surface area contributed by atoms with E-state index in [0.717, 1.165) is 23.5 Å². The van der Waals surface area contributed by atoms with Gasteiger partial charge in [-0.1, -0.05) is 18.2 Å². The van der Waals surface area contributed by atoms with E-state index in [0.29, 0.717) is 19.6 Å². The van der Waals surface area contributed by atoms with Crippen molar-refractivity contribution >= 4 is 39.0 Å². The second-order valence-electron chi connectivity index (χ2n) is 5.64. The summed E-state index contributed by atoms with van der Waals surface area (Å²) >= 11 is 2.83. The molecular formula is C17H20N2O3S3. The van der Waals surface area contributed by atoms with E-state index in [-0.39, 0.29) is 15.7 Å². The first-order valence-electron chi connectivity index (χ1n) is 8.13. The molecule has 2 heterocycles. The Morgan fingerprint density at radius 3 is 2.60 bits per heavy atom. The number of nitrogens with zero attached hydrogens (tertiary/aromatic N) is 1. The van der Waals surface area contributed by atoms with E-state index < -0.39 is 10.0 Å². The highest BCUT2D eigenvalue weighted by Crippen LogP contribution is 2.27. The maximum absolute atomic E-state index is 12.7. The van der Waals surface area contributed by atoms with Crippen LogP contribution in [-0.4, -0.2) is 44.0 Å². The van der Waals surface area contributed by atoms with Gasteiger partial charge in [0.05, 0.1) is 0 Å². The van der Waals surface area contributed by atoms with Gasteiger partial charge in [-0.2, -0.15) is 4.31 Å². The van der Waals surface area contributed by atoms with Gasteiger partial charge in [0.2, 0.25) is 10.0 Å². The van der Waals surface area contributed by atoms with Gasteiger partial charge in [-0.15, -0.1) is 23.1 Å². The second-order valence-corrected chi connectivity index (χ2v) is 9.63. The Balaban J connectivity index is 1.59. The van der Waals surface area contributed by atoms with Crippen LogP contribution < -0.4 is 5.32 Å². The van der Waals surface area contributed by atoms with E-state index >= 15 is 0 Å². The molecule has 1 N–H and O–H groups in total. The molecule has 0 aliphatic carbocycles. The lowest BCUT2D eigenvalue weighted by molar-refractivity contribution is 0.0957. The summed E-state index contributed by atoms with van der Waals surface area (Å²) in [6.45, 7) is 1.55. The Kier molecular flexibility index (Phi) is 6.16. The van der Waals surface area contributed by atoms with Crippen LogP contribution in [0.1, 0.15) is 22.5 Å². The zero-order chi connectivity index (χ0) is 17.7. The van der Waals surface area contributed by atoms with E-state index in [4.69, 9.17) is 0 Å². The molecule has 0 atom stereocenters. The molecule has 1 aromatic carbocycles. The fourth-order valence-corrected chi connectivity index (χ4v) is 6.29. The van der Waals surface area contributed by atoms with Crippen LogP contribution in [0.2, 0.25) is 0 Å². The quantitative estimate of drug-likeness (QED) is 0.577. The van der Waals surface area contributed by atoms with Crippen molar-refractivity contribution in [2.24, 2.45) is 0 Å². The number of hydrogen-bond donors (Lipinski definition) is 1. The van der Waals surface area contributed by atoms with Crippen LogP contribution in [0.4, 0.5) is 0 Å². The van der Waals surface area contributed by atoms with Crippen molar-refractivity contribution in [1.29, 1.82) is 0 Å². The third kappa shape index (κ3) is 4.44. The molecule has 134 valence electrons. The van der Waals surface area contributed by atoms with Gasteiger partial charge >= 0.3 is 0 Å². The average Bonchev–Trinajstić information content (AvgIpc) is 3.31. The van der Waals surface area contributed by atoms with Crippen molar-refractivity contribution in [3.63, 3.8) is 0 Å². The Morgan fingerprint density at radius 2 is 1.88 bits per heavy atom. The topological polar surface area (TPSA) is 66.5 Å². The standard InChI is InChI=1S/C17H20N2O3S3/c20-17(18-9-13-23-14-6-2-1-3-7-14)16-15(8-12-24-16)25(21,22)19-10-4-5-11-19/h1-3,6-8,12H,4-5,9-11,13H2,(H,18,20). The Labute approximate surface area is 156 Å². The van der Waals surface area contributed by atoms with E-state index in [1.165, 1.54) is 21.7 Å². The normalized spacial score (nSPS) is 15.4. The number of benzene rings is 1. The molecule has 1 saturated heterocycles. The van der Waals surface area contributed by atoms with Crippen molar-refractivity contribution in [2.45, 2.75) is 22.6 Å². The highest BCUT2D eigenvalue weighted by molar-refractivity contribution is 7.99. The van der Waals surface area contributed by atoms with E-state index in [1.807, 2.05) is 30.3 Å². The molecular weight excluding hydrogens is 376 g/mol. The third-order valence-electron chi connectivity index (χ3n) is 3.92. The Bertz CT molecular complexity index is 813. The number of sulfonamides is 1. The molecule has 25 heavy (non-hydrogen) atoms. The molecule has 0 saturated carbocycles. The summed E-state index contributed by atoms with van der Waals surface area (Å²) in [6, 6.07) is 11.5. The largest absolute Gasteiger partial charge is 0.350 e. The molecule has 1 aliphatic heterocycles. The minimum Gasteiger partial charge on any atom is -0.350 e. The number of nitrogens with one attached hydrogen (secondary N) is 1. The Hall–Kier alpha value is -1.35. The molecule has 1 fully saturated rings. The molecule has 3 rings (SSSR count). The van der Waals surface area contributed by atoms with Crippen LogP contribution >= 0.6 is 23.1 Å². The van der Waals surface area contributed by atoms with E-state index in [9.17, 15) is 13.2 Å². The van der Waals surface area contributed by atoms with Gasteiger partial charge in [-0.25, -0.2) is 8.42 Å². The van der Waals surface area contributed by atoms with Crippen LogP contribution in [0.15, 0.2) is 51.6 Å². The highest BCUT2D eigenvalue weighted by atomic mass is 32.2. The summed E-state index contributed by atoms with van der Waals surface area (Å²) in [6.07, 6.45) is 1.75. The molecule has 0 unspecified atom stereocenters. The number of carbonyl (C=O) groups excluding carboxylic acids is 1. The highest BCUT2D eigenvalue weighted by Gasteiger charge is 2.31. The van der Waals surface area contributed by atoms with Crippen LogP contribution in [-0.2, 0) is 10.0 Å². The maximum atomic E-state index is 12.7. The third-order valence-corrected chi connectivity index (χ3v) is 7.91. The molecule has 5 nitrogen and oxygen atoms in total. The number of carbonyl (C=O) groups is 1. The Morgan fingerprint density at radius 1 is 1.16 bits per heavy atom. The lowest BCUT2D eigenvalue weighted by Gasteiger charge is -2.15. The fraction of sp³-hybridized carbons (Fsp3) is 0.353. The maximum Gasteiger partial charge on any atom is 0.262 e. The molecule has 1 amide bonds. The van der Waals surface area contributed by atoms with Gasteiger partial charge in [0.15, 0.2) is 0 Å². The molecule has 1 aromatic heterocycles. The van der Waals surface area contributed by atoms with Crippen molar-refractivity contribution in [2.75, 3.05) is 25.4 Å². The SMILES string of the molecule is O=C(NCCSc1ccccc1)c1sccc1S(=O)(=O)N1CCCC1. The van der Waals surface area contributed by atoms with Crippen molar-refractivity contribution in [3.05, 3.63) is 46.7 Å². The zero-order valence-corrected chi connectivity index (χ0v) is 16.1. The summed E-state index contributed by atoms with van der Waals surface area (Å²) in [5.41, 5.74) is 0. The summed E-state index contributed by atoms with van der Waals surface area (Å²) in [7, 11) is -3.57. The van der Waals surface area contributed by atoms with Gasteiger partial charge in [0.25, 0.3) is 5.91 Å².